The van der Waals surface area contributed by atoms with Crippen LogP contribution >= 0.6 is 0 Å². The molecule has 0 aromatic carbocycles. The van der Waals surface area contributed by atoms with Gasteiger partial charge in [0.05, 0.1) is 18.8 Å². The van der Waals surface area contributed by atoms with Crippen molar-refractivity contribution in [2.24, 2.45) is 0 Å². The molecule has 2 heterocycles. The third-order valence-corrected chi connectivity index (χ3v) is 3.65. The number of hydrogen-bond acceptors (Lipinski definition) is 4. The summed E-state index contributed by atoms with van der Waals surface area (Å²) in [5.41, 5.74) is 2.11. The van der Waals surface area contributed by atoms with Crippen LogP contribution in [-0.2, 0) is 13.1 Å². The van der Waals surface area contributed by atoms with Gasteiger partial charge in [-0.15, -0.1) is 0 Å². The molecule has 5 heteroatoms. The first-order valence-corrected chi connectivity index (χ1v) is 7.51. The van der Waals surface area contributed by atoms with Gasteiger partial charge in [-0.1, -0.05) is 19.9 Å². The van der Waals surface area contributed by atoms with E-state index in [1.54, 1.807) is 13.3 Å². The van der Waals surface area contributed by atoms with Gasteiger partial charge < -0.3 is 10.1 Å². The summed E-state index contributed by atoms with van der Waals surface area (Å²) in [6, 6.07) is 6.51. The highest BCUT2D eigenvalue weighted by Gasteiger charge is 2.08. The molecule has 0 unspecified atom stereocenters. The molecule has 2 aromatic heterocycles. The molecular weight excluding hydrogens is 264 g/mol. The molecule has 5 nitrogen and oxygen atoms in total. The lowest BCUT2D eigenvalue weighted by atomic mass is 10.2. The van der Waals surface area contributed by atoms with Crippen LogP contribution in [0.4, 0.5) is 0 Å². The number of aromatic nitrogens is 3. The van der Waals surface area contributed by atoms with Crippen molar-refractivity contribution in [3.05, 3.63) is 41.9 Å². The van der Waals surface area contributed by atoms with E-state index in [2.05, 4.69) is 46.2 Å². The summed E-state index contributed by atoms with van der Waals surface area (Å²) in [4.78, 5) is 4.19. The molecule has 2 rings (SSSR count). The van der Waals surface area contributed by atoms with Crippen molar-refractivity contribution in [1.29, 1.82) is 0 Å². The van der Waals surface area contributed by atoms with Crippen LogP contribution in [0.5, 0.6) is 5.88 Å². The Bertz CT molecular complexity index is 549. The zero-order valence-electron chi connectivity index (χ0n) is 13.0. The third-order valence-electron chi connectivity index (χ3n) is 3.65. The zero-order chi connectivity index (χ0) is 15.1. The molecule has 0 bridgehead atoms. The van der Waals surface area contributed by atoms with Crippen molar-refractivity contribution in [1.82, 2.24) is 20.1 Å². The molecule has 0 atom stereocenters. The van der Waals surface area contributed by atoms with Crippen molar-refractivity contribution in [3.8, 4) is 5.88 Å². The number of ether oxygens (including phenoxy) is 1. The fourth-order valence-electron chi connectivity index (χ4n) is 2.41. The molecule has 0 amide bonds. The van der Waals surface area contributed by atoms with Crippen LogP contribution in [0, 0.1) is 0 Å². The highest BCUT2D eigenvalue weighted by Crippen LogP contribution is 2.15. The van der Waals surface area contributed by atoms with Crippen LogP contribution in [0.3, 0.4) is 0 Å². The summed E-state index contributed by atoms with van der Waals surface area (Å²) >= 11 is 0. The van der Waals surface area contributed by atoms with Crippen molar-refractivity contribution < 1.29 is 4.74 Å². The number of nitrogens with one attached hydrogen (secondary N) is 1. The van der Waals surface area contributed by atoms with E-state index in [1.807, 2.05) is 12.1 Å². The van der Waals surface area contributed by atoms with E-state index >= 15 is 0 Å². The molecule has 0 spiro atoms. The summed E-state index contributed by atoms with van der Waals surface area (Å²) in [5, 5.41) is 8.02. The lowest BCUT2D eigenvalue weighted by molar-refractivity contribution is 0.390. The molecule has 0 aliphatic heterocycles. The van der Waals surface area contributed by atoms with Crippen molar-refractivity contribution in [2.75, 3.05) is 7.11 Å². The van der Waals surface area contributed by atoms with E-state index in [9.17, 15) is 0 Å². The molecule has 114 valence electrons. The Morgan fingerprint density at radius 2 is 2.05 bits per heavy atom. The van der Waals surface area contributed by atoms with Gasteiger partial charge in [0.1, 0.15) is 0 Å². The van der Waals surface area contributed by atoms with Gasteiger partial charge in [-0.2, -0.15) is 5.10 Å². The zero-order valence-corrected chi connectivity index (χ0v) is 13.0. The first-order chi connectivity index (χ1) is 10.3. The standard InChI is InChI=1S/C16H24N4O/c1-4-15(5-2)20-10-8-14(19-20)12-17-11-13-7-6-9-18-16(13)21-3/h6-10,15,17H,4-5,11-12H2,1-3H3. The summed E-state index contributed by atoms with van der Waals surface area (Å²) in [6.45, 7) is 5.85. The molecule has 21 heavy (non-hydrogen) atoms. The lowest BCUT2D eigenvalue weighted by Gasteiger charge is -2.12. The first kappa shape index (κ1) is 15.5. The maximum absolute atomic E-state index is 5.24. The highest BCUT2D eigenvalue weighted by molar-refractivity contribution is 5.25. The molecule has 0 aliphatic carbocycles. The second-order valence-corrected chi connectivity index (χ2v) is 5.03. The van der Waals surface area contributed by atoms with Crippen LogP contribution in [0.1, 0.15) is 44.0 Å². The van der Waals surface area contributed by atoms with Crippen LogP contribution < -0.4 is 10.1 Å². The molecule has 2 aromatic rings. The number of pyridine rings is 1. The fourth-order valence-corrected chi connectivity index (χ4v) is 2.41. The Hall–Kier alpha value is -1.88. The molecule has 0 saturated heterocycles. The minimum Gasteiger partial charge on any atom is -0.481 e. The second-order valence-electron chi connectivity index (χ2n) is 5.03. The Balaban J connectivity index is 1.89. The van der Waals surface area contributed by atoms with Gasteiger partial charge in [0, 0.05) is 31.0 Å². The predicted octanol–water partition coefficient (Wildman–Crippen LogP) is 2.94. The van der Waals surface area contributed by atoms with Crippen molar-refractivity contribution in [3.63, 3.8) is 0 Å². The van der Waals surface area contributed by atoms with Gasteiger partial charge >= 0.3 is 0 Å². The Morgan fingerprint density at radius 1 is 1.24 bits per heavy atom. The van der Waals surface area contributed by atoms with Gasteiger partial charge in [0.25, 0.3) is 0 Å². The predicted molar refractivity (Wildman–Crippen MR) is 83.2 cm³/mol. The van der Waals surface area contributed by atoms with E-state index < -0.39 is 0 Å². The maximum Gasteiger partial charge on any atom is 0.217 e. The largest absolute Gasteiger partial charge is 0.481 e. The minimum absolute atomic E-state index is 0.497. The van der Waals surface area contributed by atoms with Gasteiger partial charge in [-0.25, -0.2) is 4.98 Å². The van der Waals surface area contributed by atoms with E-state index in [0.29, 0.717) is 11.9 Å². The van der Waals surface area contributed by atoms with Gasteiger partial charge in [0.15, 0.2) is 0 Å². The minimum atomic E-state index is 0.497. The SMILES string of the molecule is CCC(CC)n1ccc(CNCc2cccnc2OC)n1. The second kappa shape index (κ2) is 7.78. The van der Waals surface area contributed by atoms with Crippen LogP contribution in [-0.4, -0.2) is 21.9 Å². The van der Waals surface area contributed by atoms with Crippen molar-refractivity contribution >= 4 is 0 Å². The molecule has 0 aliphatic rings. The topological polar surface area (TPSA) is 52.0 Å². The average molecular weight is 288 g/mol. The number of methoxy groups -OCH3 is 1. The fraction of sp³-hybridized carbons (Fsp3) is 0.500. The normalized spacial score (nSPS) is 11.0. The number of hydrogen-bond donors (Lipinski definition) is 1. The van der Waals surface area contributed by atoms with Crippen molar-refractivity contribution in [2.45, 2.75) is 45.8 Å². The lowest BCUT2D eigenvalue weighted by Crippen LogP contribution is -2.15. The van der Waals surface area contributed by atoms with E-state index in [0.717, 1.165) is 37.2 Å². The smallest absolute Gasteiger partial charge is 0.217 e. The van der Waals surface area contributed by atoms with Gasteiger partial charge in [-0.3, -0.25) is 4.68 Å². The summed E-state index contributed by atoms with van der Waals surface area (Å²) in [5.74, 6) is 0.674. The highest BCUT2D eigenvalue weighted by atomic mass is 16.5. The monoisotopic (exact) mass is 288 g/mol. The molecule has 0 saturated carbocycles. The molecule has 0 fully saturated rings. The van der Waals surface area contributed by atoms with E-state index in [-0.39, 0.29) is 0 Å². The number of rotatable bonds is 8. The Morgan fingerprint density at radius 3 is 2.76 bits per heavy atom. The average Bonchev–Trinajstić information content (AvgIpc) is 2.98. The van der Waals surface area contributed by atoms with Crippen LogP contribution in [0.15, 0.2) is 30.6 Å². The molecule has 1 N–H and O–H groups in total. The van der Waals surface area contributed by atoms with Gasteiger partial charge in [0.2, 0.25) is 5.88 Å². The van der Waals surface area contributed by atoms with E-state index in [4.69, 9.17) is 4.74 Å². The quantitative estimate of drug-likeness (QED) is 0.811. The number of nitrogens with zero attached hydrogens (tertiary/aromatic N) is 3. The van der Waals surface area contributed by atoms with Crippen LogP contribution in [0.2, 0.25) is 0 Å². The summed E-state index contributed by atoms with van der Waals surface area (Å²) in [6.07, 6.45) is 6.02. The summed E-state index contributed by atoms with van der Waals surface area (Å²) < 4.78 is 7.31. The maximum atomic E-state index is 5.24. The Kier molecular flexibility index (Phi) is 5.75. The molecule has 0 radical (unpaired) electrons. The van der Waals surface area contributed by atoms with Gasteiger partial charge in [-0.05, 0) is 25.0 Å². The summed E-state index contributed by atoms with van der Waals surface area (Å²) in [7, 11) is 1.64. The third kappa shape index (κ3) is 4.04. The first-order valence-electron chi connectivity index (χ1n) is 7.51. The Labute approximate surface area is 126 Å². The van der Waals surface area contributed by atoms with E-state index in [1.165, 1.54) is 0 Å². The van der Waals surface area contributed by atoms with Crippen LogP contribution in [0.25, 0.3) is 0 Å². The molecular formula is C16H24N4O.